The van der Waals surface area contributed by atoms with Crippen molar-refractivity contribution in [1.29, 1.82) is 0 Å². The fraction of sp³-hybridized carbons (Fsp3) is 0.500. The minimum Gasteiger partial charge on any atom is -0.398 e. The van der Waals surface area contributed by atoms with Crippen molar-refractivity contribution < 1.29 is 4.79 Å². The smallest absolute Gasteiger partial charge is 0.256 e. The number of likely N-dealkylation sites (tertiary alicyclic amines) is 1. The van der Waals surface area contributed by atoms with Gasteiger partial charge in [-0.15, -0.1) is 0 Å². The number of amides is 1. The second kappa shape index (κ2) is 5.31. The Labute approximate surface area is 116 Å². The summed E-state index contributed by atoms with van der Waals surface area (Å²) in [5.41, 5.74) is 7.07. The van der Waals surface area contributed by atoms with Crippen molar-refractivity contribution in [2.45, 2.75) is 45.2 Å². The summed E-state index contributed by atoms with van der Waals surface area (Å²) in [7, 11) is 0. The molecule has 0 spiro atoms. The summed E-state index contributed by atoms with van der Waals surface area (Å²) in [6.07, 6.45) is 3.34. The van der Waals surface area contributed by atoms with Gasteiger partial charge in [0.05, 0.1) is 5.56 Å². The normalized spacial score (nSPS) is 24.1. The van der Waals surface area contributed by atoms with Gasteiger partial charge in [0.25, 0.3) is 5.91 Å². The third-order valence-corrected chi connectivity index (χ3v) is 4.17. The first-order chi connectivity index (χ1) is 8.50. The van der Waals surface area contributed by atoms with E-state index in [1.54, 1.807) is 6.07 Å². The van der Waals surface area contributed by atoms with E-state index in [0.29, 0.717) is 23.3 Å². The predicted molar refractivity (Wildman–Crippen MR) is 77.5 cm³/mol. The number of nitrogens with two attached hydrogens (primary N) is 1. The molecule has 1 saturated heterocycles. The lowest BCUT2D eigenvalue weighted by atomic mass is 9.96. The molecular weight excluding hydrogens is 292 g/mol. The van der Waals surface area contributed by atoms with Crippen LogP contribution in [-0.2, 0) is 0 Å². The molecule has 2 unspecified atom stereocenters. The molecule has 3 nitrogen and oxygen atoms in total. The Hall–Kier alpha value is -1.03. The van der Waals surface area contributed by atoms with Crippen molar-refractivity contribution in [2.24, 2.45) is 0 Å². The van der Waals surface area contributed by atoms with Crippen LogP contribution < -0.4 is 5.73 Å². The summed E-state index contributed by atoms with van der Waals surface area (Å²) >= 11 is 3.39. The first kappa shape index (κ1) is 13.4. The molecule has 18 heavy (non-hydrogen) atoms. The molecule has 2 N–H and O–H groups in total. The standard InChI is InChI=1S/C14H19BrN2O/c1-9-4-3-5-10(2)17(9)14(18)12-8-11(15)6-7-13(12)16/h6-10H,3-5,16H2,1-2H3. The molecule has 1 aliphatic heterocycles. The predicted octanol–water partition coefficient (Wildman–Crippen LogP) is 3.43. The van der Waals surface area contributed by atoms with Crippen LogP contribution in [-0.4, -0.2) is 22.9 Å². The van der Waals surface area contributed by atoms with Gasteiger partial charge >= 0.3 is 0 Å². The van der Waals surface area contributed by atoms with Crippen molar-refractivity contribution in [3.05, 3.63) is 28.2 Å². The van der Waals surface area contributed by atoms with E-state index in [2.05, 4.69) is 29.8 Å². The molecule has 2 atom stereocenters. The summed E-state index contributed by atoms with van der Waals surface area (Å²) in [5, 5.41) is 0. The van der Waals surface area contributed by atoms with Gasteiger partial charge in [-0.1, -0.05) is 15.9 Å². The van der Waals surface area contributed by atoms with Crippen LogP contribution in [0, 0.1) is 0 Å². The third-order valence-electron chi connectivity index (χ3n) is 3.67. The van der Waals surface area contributed by atoms with Crippen molar-refractivity contribution >= 4 is 27.5 Å². The van der Waals surface area contributed by atoms with Gasteiger partial charge in [-0.25, -0.2) is 0 Å². The molecule has 1 heterocycles. The molecule has 0 aromatic heterocycles. The molecule has 1 fully saturated rings. The van der Waals surface area contributed by atoms with Gasteiger partial charge in [-0.3, -0.25) is 4.79 Å². The number of hydrogen-bond donors (Lipinski definition) is 1. The maximum absolute atomic E-state index is 12.6. The summed E-state index contributed by atoms with van der Waals surface area (Å²) in [6, 6.07) is 6.02. The van der Waals surface area contributed by atoms with E-state index in [0.717, 1.165) is 17.3 Å². The molecule has 0 aliphatic carbocycles. The highest BCUT2D eigenvalue weighted by Gasteiger charge is 2.30. The third kappa shape index (κ3) is 2.53. The van der Waals surface area contributed by atoms with E-state index in [9.17, 15) is 4.79 Å². The van der Waals surface area contributed by atoms with Gasteiger partial charge in [0.1, 0.15) is 0 Å². The Kier molecular flexibility index (Phi) is 3.95. The molecule has 2 rings (SSSR count). The number of halogens is 1. The Bertz CT molecular complexity index is 451. The number of carbonyl (C=O) groups is 1. The monoisotopic (exact) mass is 310 g/mol. The van der Waals surface area contributed by atoms with E-state index < -0.39 is 0 Å². The molecule has 0 bridgehead atoms. The summed E-state index contributed by atoms with van der Waals surface area (Å²) in [4.78, 5) is 14.6. The van der Waals surface area contributed by atoms with Crippen LogP contribution in [0.15, 0.2) is 22.7 Å². The van der Waals surface area contributed by atoms with E-state index in [4.69, 9.17) is 5.73 Å². The molecule has 0 saturated carbocycles. The quantitative estimate of drug-likeness (QED) is 0.808. The first-order valence-electron chi connectivity index (χ1n) is 6.38. The first-order valence-corrected chi connectivity index (χ1v) is 7.17. The van der Waals surface area contributed by atoms with Crippen LogP contribution in [0.1, 0.15) is 43.5 Å². The molecule has 98 valence electrons. The van der Waals surface area contributed by atoms with Crippen LogP contribution in [0.25, 0.3) is 0 Å². The number of anilines is 1. The number of nitrogens with zero attached hydrogens (tertiary/aromatic N) is 1. The van der Waals surface area contributed by atoms with Gasteiger partial charge < -0.3 is 10.6 Å². The fourth-order valence-corrected chi connectivity index (χ4v) is 3.04. The number of nitrogen functional groups attached to an aromatic ring is 1. The molecule has 4 heteroatoms. The van der Waals surface area contributed by atoms with Crippen molar-refractivity contribution in [2.75, 3.05) is 5.73 Å². The summed E-state index contributed by atoms with van der Waals surface area (Å²) in [6.45, 7) is 4.23. The summed E-state index contributed by atoms with van der Waals surface area (Å²) < 4.78 is 0.886. The lowest BCUT2D eigenvalue weighted by Crippen LogP contribution is -2.47. The second-order valence-electron chi connectivity index (χ2n) is 5.07. The Balaban J connectivity index is 2.32. The van der Waals surface area contributed by atoms with E-state index in [-0.39, 0.29) is 5.91 Å². The Morgan fingerprint density at radius 2 is 1.94 bits per heavy atom. The molecule has 1 aromatic rings. The minimum absolute atomic E-state index is 0.0495. The minimum atomic E-state index is 0.0495. The summed E-state index contributed by atoms with van der Waals surface area (Å²) in [5.74, 6) is 0.0495. The van der Waals surface area contributed by atoms with Gasteiger partial charge in [0.2, 0.25) is 0 Å². The molecule has 1 aromatic carbocycles. The highest BCUT2D eigenvalue weighted by molar-refractivity contribution is 9.10. The molecule has 0 radical (unpaired) electrons. The van der Waals surface area contributed by atoms with E-state index >= 15 is 0 Å². The van der Waals surface area contributed by atoms with Gasteiger partial charge in [-0.05, 0) is 51.3 Å². The second-order valence-corrected chi connectivity index (χ2v) is 5.99. The van der Waals surface area contributed by atoms with Gasteiger partial charge in [0, 0.05) is 22.2 Å². The molecular formula is C14H19BrN2O. The largest absolute Gasteiger partial charge is 0.398 e. The SMILES string of the molecule is CC1CCCC(C)N1C(=O)c1cc(Br)ccc1N. The average Bonchev–Trinajstić information content (AvgIpc) is 2.32. The number of carbonyl (C=O) groups excluding carboxylic acids is 1. The van der Waals surface area contributed by atoms with Crippen molar-refractivity contribution in [3.8, 4) is 0 Å². The topological polar surface area (TPSA) is 46.3 Å². The number of rotatable bonds is 1. The van der Waals surface area contributed by atoms with Gasteiger partial charge in [0.15, 0.2) is 0 Å². The fourth-order valence-electron chi connectivity index (χ4n) is 2.67. The number of hydrogen-bond acceptors (Lipinski definition) is 2. The highest BCUT2D eigenvalue weighted by atomic mass is 79.9. The number of piperidine rings is 1. The molecule has 1 aliphatic rings. The van der Waals surface area contributed by atoms with Crippen LogP contribution in [0.4, 0.5) is 5.69 Å². The number of benzene rings is 1. The van der Waals surface area contributed by atoms with Crippen LogP contribution >= 0.6 is 15.9 Å². The Morgan fingerprint density at radius 3 is 2.56 bits per heavy atom. The van der Waals surface area contributed by atoms with Crippen LogP contribution in [0.3, 0.4) is 0 Å². The zero-order valence-electron chi connectivity index (χ0n) is 10.8. The maximum atomic E-state index is 12.6. The van der Waals surface area contributed by atoms with E-state index in [1.807, 2.05) is 17.0 Å². The van der Waals surface area contributed by atoms with Gasteiger partial charge in [-0.2, -0.15) is 0 Å². The van der Waals surface area contributed by atoms with Crippen LogP contribution in [0.5, 0.6) is 0 Å². The Morgan fingerprint density at radius 1 is 1.33 bits per heavy atom. The maximum Gasteiger partial charge on any atom is 0.256 e. The van der Waals surface area contributed by atoms with E-state index in [1.165, 1.54) is 6.42 Å². The highest BCUT2D eigenvalue weighted by Crippen LogP contribution is 2.27. The lowest BCUT2D eigenvalue weighted by Gasteiger charge is -2.39. The van der Waals surface area contributed by atoms with Crippen LogP contribution in [0.2, 0.25) is 0 Å². The molecule has 1 amide bonds. The average molecular weight is 311 g/mol. The van der Waals surface area contributed by atoms with Crippen molar-refractivity contribution in [1.82, 2.24) is 4.90 Å². The zero-order valence-corrected chi connectivity index (χ0v) is 12.4. The van der Waals surface area contributed by atoms with Crippen molar-refractivity contribution in [3.63, 3.8) is 0 Å². The zero-order chi connectivity index (χ0) is 13.3. The lowest BCUT2D eigenvalue weighted by molar-refractivity contribution is 0.0512.